The molecule has 0 aromatic rings. The van der Waals surface area contributed by atoms with E-state index in [2.05, 4.69) is 0 Å². The zero-order valence-electron chi connectivity index (χ0n) is 9.24. The Bertz CT molecular complexity index is 204. The molecule has 0 rings (SSSR count). The molecule has 0 amide bonds. The van der Waals surface area contributed by atoms with Crippen molar-refractivity contribution in [3.8, 4) is 0 Å². The van der Waals surface area contributed by atoms with Gasteiger partial charge < -0.3 is 13.7 Å². The smallest absolute Gasteiger partial charge is 0.771 e. The Morgan fingerprint density at radius 3 is 1.00 bits per heavy atom. The van der Waals surface area contributed by atoms with Crippen molar-refractivity contribution in [1.29, 1.82) is 0 Å². The molecule has 0 aromatic carbocycles. The second-order valence-electron chi connectivity index (χ2n) is 1.97. The van der Waals surface area contributed by atoms with Gasteiger partial charge in [0.05, 0.1) is 17.6 Å². The molecule has 0 heterocycles. The molecule has 3 atom stereocenters. The Morgan fingerprint density at radius 1 is 0.688 bits per heavy atom. The van der Waals surface area contributed by atoms with Gasteiger partial charge in [-0.3, -0.25) is 17.5 Å². The summed E-state index contributed by atoms with van der Waals surface area (Å²) in [6, 6.07) is 0. The van der Waals surface area contributed by atoms with E-state index in [1.807, 2.05) is 0 Å². The second kappa shape index (κ2) is 16.3. The van der Waals surface area contributed by atoms with Crippen LogP contribution in [0.2, 0.25) is 0 Å². The minimum Gasteiger partial charge on any atom is -0.771 e. The maximum Gasteiger partial charge on any atom is 1.00 e. The number of rotatable bonds is 6. The Kier molecular flexibility index (Phi) is 28.2. The fourth-order valence-corrected chi connectivity index (χ4v) is 2.35. The quantitative estimate of drug-likeness (QED) is 0.352. The molecule has 7 nitrogen and oxygen atoms in total. The van der Waals surface area contributed by atoms with Gasteiger partial charge in [-0.15, -0.1) is 0 Å². The Balaban J connectivity index is -0.000000240. The van der Waals surface area contributed by atoms with Gasteiger partial charge in [-0.2, -0.15) is 0 Å². The van der Waals surface area contributed by atoms with Crippen LogP contribution in [0.1, 0.15) is 0 Å². The summed E-state index contributed by atoms with van der Waals surface area (Å²) in [5.41, 5.74) is 0. The van der Waals surface area contributed by atoms with Crippen molar-refractivity contribution in [1.82, 2.24) is 4.90 Å². The minimum absolute atomic E-state index is 0. The van der Waals surface area contributed by atoms with E-state index < -0.39 is 50.9 Å². The first-order chi connectivity index (χ1) is 5.91. The molecular formula is C3H6NNa3O6S3. The van der Waals surface area contributed by atoms with Crippen LogP contribution in [-0.4, -0.2) is 48.8 Å². The van der Waals surface area contributed by atoms with Crippen molar-refractivity contribution < 1.29 is 115 Å². The second-order valence-corrected chi connectivity index (χ2v) is 4.57. The maximum absolute atomic E-state index is 10.1. The van der Waals surface area contributed by atoms with Crippen molar-refractivity contribution >= 4 is 33.2 Å². The number of hydrogen-bond donors (Lipinski definition) is 0. The average Bonchev–Trinajstić information content (AvgIpc) is 1.80. The van der Waals surface area contributed by atoms with Crippen LogP contribution in [0.4, 0.5) is 0 Å². The van der Waals surface area contributed by atoms with Crippen LogP contribution >= 0.6 is 0 Å². The molecule has 0 bridgehead atoms. The Hall–Kier alpha value is 3.29. The van der Waals surface area contributed by atoms with E-state index in [4.69, 9.17) is 0 Å². The van der Waals surface area contributed by atoms with E-state index in [0.717, 1.165) is 4.90 Å². The van der Waals surface area contributed by atoms with E-state index >= 15 is 0 Å². The molecular weight excluding hydrogens is 311 g/mol. The van der Waals surface area contributed by atoms with E-state index in [9.17, 15) is 26.3 Å². The molecule has 0 spiro atoms. The molecule has 0 radical (unpaired) electrons. The summed E-state index contributed by atoms with van der Waals surface area (Å²) in [5.74, 6) is -1.87. The zero-order valence-corrected chi connectivity index (χ0v) is 17.7. The maximum atomic E-state index is 10.1. The molecule has 0 aromatic heterocycles. The molecule has 0 saturated heterocycles. The zero-order chi connectivity index (χ0) is 10.4. The Morgan fingerprint density at radius 2 is 0.875 bits per heavy atom. The summed E-state index contributed by atoms with van der Waals surface area (Å²) in [6.45, 7) is 0. The van der Waals surface area contributed by atoms with Crippen LogP contribution in [0.25, 0.3) is 0 Å². The van der Waals surface area contributed by atoms with Gasteiger partial charge >= 0.3 is 88.7 Å². The van der Waals surface area contributed by atoms with Crippen LogP contribution in [0.15, 0.2) is 0 Å². The van der Waals surface area contributed by atoms with Crippen LogP contribution < -0.4 is 88.7 Å². The summed E-state index contributed by atoms with van der Waals surface area (Å²) < 4.78 is 60.8. The van der Waals surface area contributed by atoms with Crippen molar-refractivity contribution in [2.24, 2.45) is 0 Å². The summed E-state index contributed by atoms with van der Waals surface area (Å²) in [5, 5.41) is 0. The van der Waals surface area contributed by atoms with Gasteiger partial charge in [0.15, 0.2) is 0 Å². The van der Waals surface area contributed by atoms with Crippen molar-refractivity contribution in [3.63, 3.8) is 0 Å². The van der Waals surface area contributed by atoms with Gasteiger partial charge in [0.25, 0.3) is 0 Å². The summed E-state index contributed by atoms with van der Waals surface area (Å²) in [4.78, 5) is 0.759. The third-order valence-electron chi connectivity index (χ3n) is 0.864. The van der Waals surface area contributed by atoms with Crippen LogP contribution in [0.5, 0.6) is 0 Å². The summed E-state index contributed by atoms with van der Waals surface area (Å²) >= 11 is -7.50. The first-order valence-corrected chi connectivity index (χ1v) is 6.55. The normalized spacial score (nSPS) is 15.0. The van der Waals surface area contributed by atoms with E-state index in [1.165, 1.54) is 0 Å². The third-order valence-corrected chi connectivity index (χ3v) is 2.59. The summed E-state index contributed by atoms with van der Waals surface area (Å²) in [6.07, 6.45) is 0. The van der Waals surface area contributed by atoms with Gasteiger partial charge in [-0.25, -0.2) is 0 Å². The van der Waals surface area contributed by atoms with Gasteiger partial charge in [0.1, 0.15) is 0 Å². The van der Waals surface area contributed by atoms with E-state index in [1.54, 1.807) is 0 Å². The molecule has 0 fully saturated rings. The van der Waals surface area contributed by atoms with Crippen molar-refractivity contribution in [3.05, 3.63) is 0 Å². The molecule has 0 aliphatic rings. The van der Waals surface area contributed by atoms with E-state index in [0.29, 0.717) is 0 Å². The first kappa shape index (κ1) is 27.6. The van der Waals surface area contributed by atoms with Crippen LogP contribution in [0, 0.1) is 0 Å². The molecule has 0 aliphatic carbocycles. The first-order valence-electron chi connectivity index (χ1n) is 2.81. The molecule has 0 saturated carbocycles. The fraction of sp³-hybridized carbons (Fsp3) is 1.00. The standard InChI is InChI=1S/C3H9NO6S3.3Na/c5-11(6)1-4(2-12(7)8)3-13(9)10;;;/h1-3H2,(H,5,6)(H,7,8)(H,9,10);;;/q;3*+1/p-3. The predicted molar refractivity (Wildman–Crippen MR) is 43.2 cm³/mol. The molecule has 80 valence electrons. The molecule has 13 heteroatoms. The van der Waals surface area contributed by atoms with Crippen LogP contribution in [-0.2, 0) is 33.2 Å². The molecule has 0 aliphatic heterocycles. The SMILES string of the molecule is O=S([O-])CN(CS(=O)[O-])CS(=O)[O-].[Na+].[Na+].[Na+]. The molecule has 0 N–H and O–H groups in total. The van der Waals surface area contributed by atoms with Gasteiger partial charge in [-0.1, -0.05) is 0 Å². The minimum atomic E-state index is -2.50. The van der Waals surface area contributed by atoms with E-state index in [-0.39, 0.29) is 88.7 Å². The van der Waals surface area contributed by atoms with Crippen molar-refractivity contribution in [2.75, 3.05) is 17.6 Å². The average molecular weight is 317 g/mol. The van der Waals surface area contributed by atoms with Gasteiger partial charge in [0, 0.05) is 0 Å². The van der Waals surface area contributed by atoms with Gasteiger partial charge in [-0.05, 0) is 33.2 Å². The third kappa shape index (κ3) is 19.6. The predicted octanol–water partition coefficient (Wildman–Crippen LogP) is -11.2. The monoisotopic (exact) mass is 317 g/mol. The van der Waals surface area contributed by atoms with Crippen molar-refractivity contribution in [2.45, 2.75) is 0 Å². The topological polar surface area (TPSA) is 124 Å². The number of hydrogen-bond acceptors (Lipinski definition) is 7. The van der Waals surface area contributed by atoms with Crippen LogP contribution in [0.3, 0.4) is 0 Å². The number of nitrogens with zero attached hydrogens (tertiary/aromatic N) is 1. The Labute approximate surface area is 168 Å². The summed E-state index contributed by atoms with van der Waals surface area (Å²) in [7, 11) is 0. The molecule has 16 heavy (non-hydrogen) atoms. The van der Waals surface area contributed by atoms with Gasteiger partial charge in [0.2, 0.25) is 0 Å². The fourth-order valence-electron chi connectivity index (χ4n) is 0.559. The molecule has 3 unspecified atom stereocenters. The largest absolute Gasteiger partial charge is 1.00 e.